The standard InChI is InChI=1S/C55H71BN6O11S/c1-9-37-22-42-30-57-46-28-50(48(67-7)26-44(46)53(64)61(42)32-37)72-34-39-21-40(35-73-51-29-47-45(27-49(51)68-8)54(65)62-33-38(10-2)23-43(62)31-58-47)25-41(24-39)59(5)12-13-60(36-55(3,4)74-56)52(63)11-14-69-17-18-71-20-19-70-16-15-66-6/h9-10,21,24-31,42-43H,11-20,22-23,32-36H2,1-8H3/b37-9+,38-10+/t42-,43?/m0/s1. The first kappa shape index (κ1) is 55.9. The van der Waals surface area contributed by atoms with E-state index in [0.29, 0.717) is 118 Å². The topological polar surface area (TPSA) is 163 Å². The second-order valence-electron chi connectivity index (χ2n) is 19.2. The van der Waals surface area contributed by atoms with Crippen molar-refractivity contribution in [2.45, 2.75) is 77.0 Å². The van der Waals surface area contributed by atoms with Crippen LogP contribution in [-0.4, -0.2) is 176 Å². The van der Waals surface area contributed by atoms with E-state index >= 15 is 0 Å². The third-order valence-corrected chi connectivity index (χ3v) is 14.2. The monoisotopic (exact) mass is 1030 g/mol. The van der Waals surface area contributed by atoms with Gasteiger partial charge in [0.25, 0.3) is 11.8 Å². The van der Waals surface area contributed by atoms with Gasteiger partial charge in [-0.05, 0) is 82.0 Å². The molecule has 4 aliphatic rings. The maximum absolute atomic E-state index is 13.8. The van der Waals surface area contributed by atoms with E-state index in [2.05, 4.69) is 17.1 Å². The Hall–Kier alpha value is -5.86. The number of nitrogens with zero attached hydrogens (tertiary/aromatic N) is 6. The van der Waals surface area contributed by atoms with E-state index in [9.17, 15) is 14.4 Å². The van der Waals surface area contributed by atoms with Gasteiger partial charge in [0, 0.05) is 81.9 Å². The molecule has 4 aliphatic heterocycles. The van der Waals surface area contributed by atoms with E-state index in [0.717, 1.165) is 29.7 Å². The second-order valence-corrected chi connectivity index (χ2v) is 20.5. The second kappa shape index (κ2) is 26.6. The van der Waals surface area contributed by atoms with Gasteiger partial charge < -0.3 is 57.5 Å². The molecule has 0 saturated carbocycles. The van der Waals surface area contributed by atoms with E-state index in [1.165, 1.54) is 22.8 Å². The van der Waals surface area contributed by atoms with Crippen LogP contribution in [0.2, 0.25) is 0 Å². The molecule has 74 heavy (non-hydrogen) atoms. The van der Waals surface area contributed by atoms with Crippen LogP contribution in [-0.2, 0) is 37.0 Å². The van der Waals surface area contributed by atoms with Crippen molar-refractivity contribution in [2.75, 3.05) is 112 Å². The number of ether oxygens (including phenoxy) is 8. The van der Waals surface area contributed by atoms with Crippen LogP contribution in [0.1, 0.15) is 78.8 Å². The highest BCUT2D eigenvalue weighted by Crippen LogP contribution is 2.41. The number of methoxy groups -OCH3 is 3. The van der Waals surface area contributed by atoms with E-state index in [-0.39, 0.29) is 56.0 Å². The van der Waals surface area contributed by atoms with Crippen molar-refractivity contribution in [3.63, 3.8) is 0 Å². The van der Waals surface area contributed by atoms with Crippen molar-refractivity contribution in [3.05, 3.63) is 88.0 Å². The summed E-state index contributed by atoms with van der Waals surface area (Å²) in [6, 6.07) is 12.8. The van der Waals surface area contributed by atoms with Crippen LogP contribution in [0.15, 0.2) is 75.7 Å². The van der Waals surface area contributed by atoms with Crippen molar-refractivity contribution >= 4 is 66.0 Å². The fraction of sp³-hybridized carbons (Fsp3) is 0.509. The maximum atomic E-state index is 13.8. The van der Waals surface area contributed by atoms with Gasteiger partial charge in [-0.2, -0.15) is 0 Å². The highest BCUT2D eigenvalue weighted by atomic mass is 32.2. The molecule has 17 nitrogen and oxygen atoms in total. The number of carbonyl (C=O) groups is 3. The molecule has 2 saturated heterocycles. The zero-order valence-corrected chi connectivity index (χ0v) is 45.0. The molecule has 0 aromatic heterocycles. The Morgan fingerprint density at radius 1 is 0.703 bits per heavy atom. The Morgan fingerprint density at radius 3 is 1.65 bits per heavy atom. The third-order valence-electron chi connectivity index (χ3n) is 13.5. The number of carbonyl (C=O) groups excluding carboxylic acids is 3. The molecule has 2 atom stereocenters. The minimum absolute atomic E-state index is 0.0448. The predicted octanol–water partition coefficient (Wildman–Crippen LogP) is 7.56. The first-order valence-electron chi connectivity index (χ1n) is 25.2. The number of hydrogen-bond donors (Lipinski definition) is 0. The number of aliphatic imine (C=N–C) groups is 2. The largest absolute Gasteiger partial charge is 0.493 e. The lowest BCUT2D eigenvalue weighted by molar-refractivity contribution is -0.132. The van der Waals surface area contributed by atoms with Crippen LogP contribution in [0, 0.1) is 0 Å². The fourth-order valence-corrected chi connectivity index (χ4v) is 9.40. The van der Waals surface area contributed by atoms with Gasteiger partial charge >= 0.3 is 0 Å². The molecule has 3 amide bonds. The minimum Gasteiger partial charge on any atom is -0.493 e. The van der Waals surface area contributed by atoms with Crippen LogP contribution in [0.25, 0.3) is 0 Å². The predicted molar refractivity (Wildman–Crippen MR) is 290 cm³/mol. The Kier molecular flexibility index (Phi) is 20.1. The van der Waals surface area contributed by atoms with Crippen molar-refractivity contribution in [1.82, 2.24) is 14.7 Å². The number of benzene rings is 3. The summed E-state index contributed by atoms with van der Waals surface area (Å²) in [4.78, 5) is 58.6. The normalized spacial score (nSPS) is 18.0. The number of rotatable bonds is 27. The quantitative estimate of drug-likeness (QED) is 0.0418. The van der Waals surface area contributed by atoms with Gasteiger partial charge in [0.1, 0.15) is 13.2 Å². The third kappa shape index (κ3) is 14.3. The molecule has 396 valence electrons. The van der Waals surface area contributed by atoms with Crippen molar-refractivity contribution < 1.29 is 52.3 Å². The summed E-state index contributed by atoms with van der Waals surface area (Å²) in [7, 11) is 12.8. The lowest BCUT2D eigenvalue weighted by Crippen LogP contribution is -2.44. The summed E-state index contributed by atoms with van der Waals surface area (Å²) in [6.07, 6.45) is 9.51. The first-order valence-corrected chi connectivity index (χ1v) is 26.1. The SMILES string of the molecule is [B]SC(C)(C)CN(CCN(C)c1cc(COc2cc3c(cc2OC)C(=O)N2C/C(=C/C)CC2C=N3)cc(COc2cc3c(cc2OC)C(=O)N2C/C(=C/C)C[C@H]2C=N3)c1)C(=O)CCOCCOCCOCCOC. The van der Waals surface area contributed by atoms with Gasteiger partial charge in [0.15, 0.2) is 30.1 Å². The Labute approximate surface area is 441 Å². The van der Waals surface area contributed by atoms with Gasteiger partial charge in [-0.15, -0.1) is 0 Å². The van der Waals surface area contributed by atoms with E-state index in [1.807, 2.05) is 80.1 Å². The number of amides is 3. The highest BCUT2D eigenvalue weighted by molar-refractivity contribution is 8.20. The first-order chi connectivity index (χ1) is 35.8. The summed E-state index contributed by atoms with van der Waals surface area (Å²) >= 11 is 1.22. The van der Waals surface area contributed by atoms with Gasteiger partial charge in [-0.1, -0.05) is 23.3 Å². The van der Waals surface area contributed by atoms with Crippen LogP contribution < -0.4 is 23.8 Å². The maximum Gasteiger partial charge on any atom is 0.257 e. The van der Waals surface area contributed by atoms with Crippen molar-refractivity contribution in [1.29, 1.82) is 0 Å². The van der Waals surface area contributed by atoms with Gasteiger partial charge in [-0.3, -0.25) is 24.4 Å². The molecule has 3 aromatic rings. The van der Waals surface area contributed by atoms with Gasteiger partial charge in [0.05, 0.1) is 101 Å². The lowest BCUT2D eigenvalue weighted by atomic mass is 10.1. The number of hydrogen-bond acceptors (Lipinski definition) is 15. The highest BCUT2D eigenvalue weighted by Gasteiger charge is 2.36. The van der Waals surface area contributed by atoms with Crippen LogP contribution >= 0.6 is 11.6 Å². The van der Waals surface area contributed by atoms with Crippen LogP contribution in [0.5, 0.6) is 23.0 Å². The molecule has 7 rings (SSSR count). The molecule has 4 heterocycles. The summed E-state index contributed by atoms with van der Waals surface area (Å²) in [6.45, 7) is 13.7. The van der Waals surface area contributed by atoms with Gasteiger partial charge in [-0.25, -0.2) is 11.6 Å². The molecule has 0 N–H and O–H groups in total. The molecule has 3 aromatic carbocycles. The number of allylic oxidation sites excluding steroid dienone is 2. The molecular weight excluding hydrogens is 964 g/mol. The molecule has 0 spiro atoms. The molecule has 0 aliphatic carbocycles. The van der Waals surface area contributed by atoms with Gasteiger partial charge in [0.2, 0.25) is 5.91 Å². The number of anilines is 1. The summed E-state index contributed by atoms with van der Waals surface area (Å²) < 4.78 is 46.0. The van der Waals surface area contributed by atoms with E-state index < -0.39 is 4.75 Å². The zero-order chi connectivity index (χ0) is 52.8. The average Bonchev–Trinajstić information content (AvgIpc) is 3.98. The molecular formula is C55H71BN6O11S. The molecule has 19 heteroatoms. The Morgan fingerprint density at radius 2 is 1.19 bits per heavy atom. The number of likely N-dealkylation sites (N-methyl/N-ethyl adjacent to an activating group) is 1. The van der Waals surface area contributed by atoms with E-state index in [4.69, 9.17) is 55.0 Å². The average molecular weight is 1040 g/mol. The Balaban J connectivity index is 1.09. The van der Waals surface area contributed by atoms with Crippen LogP contribution in [0.4, 0.5) is 17.1 Å². The van der Waals surface area contributed by atoms with Crippen LogP contribution in [0.3, 0.4) is 0 Å². The summed E-state index contributed by atoms with van der Waals surface area (Å²) in [5.74, 6) is 1.44. The van der Waals surface area contributed by atoms with Crippen molar-refractivity contribution in [3.8, 4) is 23.0 Å². The lowest BCUT2D eigenvalue weighted by Gasteiger charge is -2.33. The minimum atomic E-state index is -0.403. The van der Waals surface area contributed by atoms with Crippen molar-refractivity contribution in [2.24, 2.45) is 9.98 Å². The van der Waals surface area contributed by atoms with E-state index in [1.54, 1.807) is 45.6 Å². The molecule has 2 fully saturated rings. The number of fused-ring (bicyclic) bond motifs is 4. The smallest absolute Gasteiger partial charge is 0.257 e. The molecule has 1 unspecified atom stereocenters. The molecule has 2 radical (unpaired) electrons. The summed E-state index contributed by atoms with van der Waals surface area (Å²) in [5, 5.41) is 0. The zero-order valence-electron chi connectivity index (χ0n) is 44.2. The molecule has 0 bridgehead atoms. The fourth-order valence-electron chi connectivity index (χ4n) is 9.17. The Bertz CT molecular complexity index is 2450. The summed E-state index contributed by atoms with van der Waals surface area (Å²) in [5.41, 5.74) is 6.83.